The van der Waals surface area contributed by atoms with Gasteiger partial charge in [-0.3, -0.25) is 19.6 Å². The molecule has 0 fully saturated rings. The fourth-order valence-corrected chi connectivity index (χ4v) is 5.13. The second-order valence-electron chi connectivity index (χ2n) is 10.2. The number of allylic oxidation sites excluding steroid dienone is 4. The van der Waals surface area contributed by atoms with Crippen LogP contribution in [0, 0.1) is 41.5 Å². The first-order chi connectivity index (χ1) is 17.6. The van der Waals surface area contributed by atoms with E-state index in [0.717, 1.165) is 44.5 Å². The average molecular weight is 576 g/mol. The van der Waals surface area contributed by atoms with Crippen molar-refractivity contribution in [2.24, 2.45) is 9.98 Å². The minimum atomic E-state index is -0.590. The Bertz CT molecular complexity index is 1220. The molecule has 0 amide bonds. The maximum Gasteiger partial charge on any atom is 0.164 e. The Morgan fingerprint density at radius 2 is 0.872 bits per heavy atom. The number of hydrogen-bond donors (Lipinski definition) is 2. The summed E-state index contributed by atoms with van der Waals surface area (Å²) in [5, 5.41) is 20.3. The number of Topliss-reactive ketones (excluding diaryl/α,β-unsaturated/α-hetero) is 2. The standard InChI is InChI=1S/C32H40N2O4.Co/c1-17-11-19(3)29(20(4)12-17)31(33-15-27(23(7)35)24(8)36)32(34-16-28(25(9)37)26(10)38)30-21(5)13-18(2)14-22(30)6;/h11-16,31-32,35,37H,1-10H3;/b27-23-,28-25+,33-15?,34-16?;/t31-,32-;/m0./s1. The molecule has 211 valence electrons. The second kappa shape index (κ2) is 14.2. The number of aliphatic hydroxyl groups is 2. The molecule has 0 aliphatic rings. The minimum absolute atomic E-state index is 0. The van der Waals surface area contributed by atoms with Crippen molar-refractivity contribution in [1.29, 1.82) is 0 Å². The summed E-state index contributed by atoms with van der Waals surface area (Å²) in [5.41, 5.74) is 8.42. The first kappa shape index (κ1) is 33.7. The first-order valence-electron chi connectivity index (χ1n) is 12.7. The molecule has 1 radical (unpaired) electrons. The van der Waals surface area contributed by atoms with Crippen LogP contribution in [0.4, 0.5) is 0 Å². The van der Waals surface area contributed by atoms with Gasteiger partial charge in [0.05, 0.1) is 11.1 Å². The van der Waals surface area contributed by atoms with Crippen LogP contribution in [-0.2, 0) is 26.4 Å². The molecule has 2 aromatic carbocycles. The SMILES string of the molecule is CC(=O)/C(C=N[C@@H](c1c(C)cc(C)cc1C)[C@@H](N=C/C(C(C)=O)=C(/C)O)c1c(C)cc(C)cc1C)=C(/C)O.[Co]. The van der Waals surface area contributed by atoms with Gasteiger partial charge in [-0.2, -0.15) is 0 Å². The van der Waals surface area contributed by atoms with E-state index in [1.54, 1.807) is 0 Å². The summed E-state index contributed by atoms with van der Waals surface area (Å²) in [6.07, 6.45) is 2.84. The van der Waals surface area contributed by atoms with Crippen LogP contribution in [0.3, 0.4) is 0 Å². The number of aliphatic hydroxyl groups excluding tert-OH is 2. The van der Waals surface area contributed by atoms with E-state index in [9.17, 15) is 19.8 Å². The molecule has 0 aromatic heterocycles. The fourth-order valence-electron chi connectivity index (χ4n) is 5.13. The van der Waals surface area contributed by atoms with E-state index in [4.69, 9.17) is 9.98 Å². The van der Waals surface area contributed by atoms with Crippen LogP contribution < -0.4 is 0 Å². The van der Waals surface area contributed by atoms with Crippen LogP contribution in [0.1, 0.15) is 84.3 Å². The number of benzene rings is 2. The molecule has 39 heavy (non-hydrogen) atoms. The van der Waals surface area contributed by atoms with Gasteiger partial charge in [0.25, 0.3) is 0 Å². The molecule has 0 bridgehead atoms. The van der Waals surface area contributed by atoms with Gasteiger partial charge in [0.2, 0.25) is 0 Å². The van der Waals surface area contributed by atoms with Gasteiger partial charge in [0, 0.05) is 29.2 Å². The smallest absolute Gasteiger partial charge is 0.164 e. The van der Waals surface area contributed by atoms with Gasteiger partial charge in [-0.25, -0.2) is 0 Å². The molecular formula is C32H40CoN2O4. The summed E-state index contributed by atoms with van der Waals surface area (Å²) in [6.45, 7) is 17.8. The number of nitrogens with zero attached hydrogens (tertiary/aromatic N) is 2. The van der Waals surface area contributed by atoms with Crippen molar-refractivity contribution in [2.75, 3.05) is 0 Å². The largest absolute Gasteiger partial charge is 0.512 e. The summed E-state index contributed by atoms with van der Waals surface area (Å²) in [4.78, 5) is 34.3. The average Bonchev–Trinajstić information content (AvgIpc) is 2.74. The van der Waals surface area contributed by atoms with E-state index in [1.807, 2.05) is 41.5 Å². The monoisotopic (exact) mass is 575 g/mol. The van der Waals surface area contributed by atoms with Gasteiger partial charge in [-0.1, -0.05) is 35.4 Å². The molecule has 2 N–H and O–H groups in total. The molecule has 2 aromatic rings. The minimum Gasteiger partial charge on any atom is -0.512 e. The molecule has 0 saturated heterocycles. The van der Waals surface area contributed by atoms with Crippen molar-refractivity contribution in [3.63, 3.8) is 0 Å². The summed E-state index contributed by atoms with van der Waals surface area (Å²) in [7, 11) is 0. The Hall–Kier alpha value is -3.29. The van der Waals surface area contributed by atoms with Crippen LogP contribution >= 0.6 is 0 Å². The van der Waals surface area contributed by atoms with E-state index in [2.05, 4.69) is 24.3 Å². The zero-order valence-corrected chi connectivity index (χ0v) is 25.6. The third-order valence-corrected chi connectivity index (χ3v) is 6.63. The number of aryl methyl sites for hydroxylation is 6. The molecule has 2 rings (SSSR count). The fraction of sp³-hybridized carbons (Fsp3) is 0.375. The van der Waals surface area contributed by atoms with Gasteiger partial charge in [-0.15, -0.1) is 0 Å². The van der Waals surface area contributed by atoms with Gasteiger partial charge in [0.15, 0.2) is 11.6 Å². The first-order valence-corrected chi connectivity index (χ1v) is 12.7. The number of hydrogen-bond acceptors (Lipinski definition) is 6. The summed E-state index contributed by atoms with van der Waals surface area (Å²) >= 11 is 0. The number of aliphatic imine (C=N–C) groups is 2. The molecular weight excluding hydrogens is 535 g/mol. The number of carbonyl (C=O) groups is 2. The third kappa shape index (κ3) is 8.34. The summed E-state index contributed by atoms with van der Waals surface area (Å²) < 4.78 is 0. The molecule has 0 heterocycles. The Kier molecular flexibility index (Phi) is 12.3. The van der Waals surface area contributed by atoms with E-state index >= 15 is 0 Å². The zero-order chi connectivity index (χ0) is 28.9. The van der Waals surface area contributed by atoms with E-state index in [1.165, 1.54) is 40.1 Å². The van der Waals surface area contributed by atoms with Crippen molar-refractivity contribution in [3.05, 3.63) is 91.4 Å². The zero-order valence-electron chi connectivity index (χ0n) is 24.6. The number of carbonyl (C=O) groups excluding carboxylic acids is 2. The number of ketones is 2. The van der Waals surface area contributed by atoms with E-state index in [-0.39, 0.29) is 51.0 Å². The second-order valence-corrected chi connectivity index (χ2v) is 10.2. The molecule has 0 spiro atoms. The van der Waals surface area contributed by atoms with Crippen LogP contribution in [0.5, 0.6) is 0 Å². The Morgan fingerprint density at radius 3 is 1.08 bits per heavy atom. The summed E-state index contributed by atoms with van der Waals surface area (Å²) in [5.74, 6) is -0.828. The third-order valence-electron chi connectivity index (χ3n) is 6.63. The number of rotatable bonds is 9. The van der Waals surface area contributed by atoms with Crippen molar-refractivity contribution in [3.8, 4) is 0 Å². The van der Waals surface area contributed by atoms with Crippen molar-refractivity contribution < 1.29 is 36.6 Å². The molecule has 0 aliphatic carbocycles. The van der Waals surface area contributed by atoms with E-state index in [0.29, 0.717) is 0 Å². The predicted molar refractivity (Wildman–Crippen MR) is 156 cm³/mol. The quantitative estimate of drug-likeness (QED) is 0.186. The van der Waals surface area contributed by atoms with Gasteiger partial charge in [-0.05, 0) is 103 Å². The van der Waals surface area contributed by atoms with Crippen LogP contribution in [0.2, 0.25) is 0 Å². The topological polar surface area (TPSA) is 99.3 Å². The maximum atomic E-state index is 12.3. The molecule has 0 saturated carbocycles. The Labute approximate surface area is 242 Å². The van der Waals surface area contributed by atoms with E-state index < -0.39 is 12.1 Å². The molecule has 7 heteroatoms. The maximum absolute atomic E-state index is 12.3. The van der Waals surface area contributed by atoms with Gasteiger partial charge in [0.1, 0.15) is 23.6 Å². The molecule has 6 nitrogen and oxygen atoms in total. The van der Waals surface area contributed by atoms with Crippen LogP contribution in [-0.4, -0.2) is 34.2 Å². The predicted octanol–water partition coefficient (Wildman–Crippen LogP) is 7.30. The van der Waals surface area contributed by atoms with Crippen LogP contribution in [0.25, 0.3) is 0 Å². The van der Waals surface area contributed by atoms with Crippen molar-refractivity contribution >= 4 is 24.0 Å². The Balaban J connectivity index is 0.00000760. The van der Waals surface area contributed by atoms with Crippen molar-refractivity contribution in [2.45, 2.75) is 81.3 Å². The van der Waals surface area contributed by atoms with Crippen LogP contribution in [0.15, 0.2) is 56.9 Å². The van der Waals surface area contributed by atoms with Gasteiger partial charge >= 0.3 is 0 Å². The van der Waals surface area contributed by atoms with Crippen molar-refractivity contribution in [1.82, 2.24) is 0 Å². The molecule has 0 unspecified atom stereocenters. The molecule has 0 aliphatic heterocycles. The Morgan fingerprint density at radius 1 is 0.615 bits per heavy atom. The normalized spacial score (nSPS) is 14.5. The summed E-state index contributed by atoms with van der Waals surface area (Å²) in [6, 6.07) is 7.15. The van der Waals surface area contributed by atoms with Gasteiger partial charge < -0.3 is 10.2 Å². The molecule has 2 atom stereocenters.